The lowest BCUT2D eigenvalue weighted by Crippen LogP contribution is -2.42. The van der Waals surface area contributed by atoms with Crippen LogP contribution in [0.3, 0.4) is 0 Å². The zero-order valence-corrected chi connectivity index (χ0v) is 18.3. The summed E-state index contributed by atoms with van der Waals surface area (Å²) >= 11 is 0. The molecular formula is C18H36IN5. The van der Waals surface area contributed by atoms with Gasteiger partial charge in [0, 0.05) is 38.6 Å². The van der Waals surface area contributed by atoms with Crippen molar-refractivity contribution in [2.75, 3.05) is 13.6 Å². The summed E-state index contributed by atoms with van der Waals surface area (Å²) in [5, 5.41) is 6.89. The monoisotopic (exact) mass is 449 g/mol. The third kappa shape index (κ3) is 10.2. The molecular weight excluding hydrogens is 413 g/mol. The van der Waals surface area contributed by atoms with E-state index in [9.17, 15) is 0 Å². The summed E-state index contributed by atoms with van der Waals surface area (Å²) in [4.78, 5) is 8.56. The molecule has 5 nitrogen and oxygen atoms in total. The van der Waals surface area contributed by atoms with Crippen LogP contribution in [0.2, 0.25) is 0 Å². The first kappa shape index (κ1) is 23.2. The predicted molar refractivity (Wildman–Crippen MR) is 114 cm³/mol. The van der Waals surface area contributed by atoms with Crippen LogP contribution in [0, 0.1) is 12.8 Å². The van der Waals surface area contributed by atoms with Crippen LogP contribution < -0.4 is 10.6 Å². The molecule has 0 aromatic carbocycles. The first-order valence-electron chi connectivity index (χ1n) is 8.97. The fraction of sp³-hybridized carbons (Fsp3) is 0.778. The quantitative estimate of drug-likeness (QED) is 0.246. The topological polar surface area (TPSA) is 54.2 Å². The van der Waals surface area contributed by atoms with Gasteiger partial charge in [0.25, 0.3) is 0 Å². The van der Waals surface area contributed by atoms with E-state index in [4.69, 9.17) is 0 Å². The van der Waals surface area contributed by atoms with Crippen LogP contribution in [0.5, 0.6) is 0 Å². The zero-order chi connectivity index (χ0) is 17.1. The molecule has 1 atom stereocenters. The molecule has 2 N–H and O–H groups in total. The highest BCUT2D eigenvalue weighted by molar-refractivity contribution is 14.0. The van der Waals surface area contributed by atoms with Crippen molar-refractivity contribution in [1.29, 1.82) is 0 Å². The van der Waals surface area contributed by atoms with Crippen molar-refractivity contribution in [2.45, 2.75) is 72.4 Å². The molecule has 0 spiro atoms. The Morgan fingerprint density at radius 1 is 1.21 bits per heavy atom. The molecule has 0 fully saturated rings. The Morgan fingerprint density at radius 2 is 1.96 bits per heavy atom. The second-order valence-corrected chi connectivity index (χ2v) is 6.74. The third-order valence-electron chi connectivity index (χ3n) is 4.07. The van der Waals surface area contributed by atoms with Gasteiger partial charge >= 0.3 is 0 Å². The maximum absolute atomic E-state index is 4.31. The molecule has 0 aliphatic rings. The summed E-state index contributed by atoms with van der Waals surface area (Å²) in [6.07, 6.45) is 9.94. The molecule has 0 saturated heterocycles. The van der Waals surface area contributed by atoms with Gasteiger partial charge in [-0.3, -0.25) is 4.99 Å². The van der Waals surface area contributed by atoms with Crippen LogP contribution in [0.25, 0.3) is 0 Å². The van der Waals surface area contributed by atoms with Crippen molar-refractivity contribution in [1.82, 2.24) is 20.2 Å². The number of unbranched alkanes of at least 4 members (excludes halogenated alkanes) is 1. The standard InChI is InChI=1S/C18H35N5.HI/c1-15(2)9-8-10-16(3)22-18(19-5)21-11-6-7-13-23-14-12-20-17(23)4;/h12,14-16H,6-11,13H2,1-5H3,(H2,19,21,22);1H. The number of aryl methyl sites for hydroxylation is 2. The van der Waals surface area contributed by atoms with Gasteiger partial charge in [0.1, 0.15) is 5.82 Å². The van der Waals surface area contributed by atoms with E-state index >= 15 is 0 Å². The second kappa shape index (κ2) is 13.5. The molecule has 0 radical (unpaired) electrons. The number of halogens is 1. The Labute approximate surface area is 165 Å². The van der Waals surface area contributed by atoms with E-state index in [0.29, 0.717) is 6.04 Å². The van der Waals surface area contributed by atoms with Crippen LogP contribution in [-0.2, 0) is 6.54 Å². The van der Waals surface area contributed by atoms with Crippen molar-refractivity contribution in [2.24, 2.45) is 10.9 Å². The average molecular weight is 449 g/mol. The Morgan fingerprint density at radius 3 is 2.54 bits per heavy atom. The Bertz CT molecular complexity index is 456. The van der Waals surface area contributed by atoms with Gasteiger partial charge in [0.2, 0.25) is 0 Å². The van der Waals surface area contributed by atoms with Crippen molar-refractivity contribution < 1.29 is 0 Å². The van der Waals surface area contributed by atoms with Gasteiger partial charge in [-0.15, -0.1) is 24.0 Å². The fourth-order valence-electron chi connectivity index (χ4n) is 2.59. The SMILES string of the molecule is CN=C(NCCCCn1ccnc1C)NC(C)CCCC(C)C.I. The van der Waals surface area contributed by atoms with Gasteiger partial charge in [0.05, 0.1) is 0 Å². The lowest BCUT2D eigenvalue weighted by molar-refractivity contribution is 0.490. The van der Waals surface area contributed by atoms with E-state index in [0.717, 1.165) is 43.6 Å². The predicted octanol–water partition coefficient (Wildman–Crippen LogP) is 3.97. The molecule has 1 rings (SSSR count). The smallest absolute Gasteiger partial charge is 0.191 e. The van der Waals surface area contributed by atoms with Crippen LogP contribution in [0.1, 0.15) is 58.7 Å². The minimum atomic E-state index is 0. The molecule has 0 saturated carbocycles. The van der Waals surface area contributed by atoms with E-state index in [-0.39, 0.29) is 24.0 Å². The molecule has 1 unspecified atom stereocenters. The summed E-state index contributed by atoms with van der Waals surface area (Å²) < 4.78 is 2.20. The summed E-state index contributed by atoms with van der Waals surface area (Å²) in [5.41, 5.74) is 0. The van der Waals surface area contributed by atoms with Gasteiger partial charge in [-0.1, -0.05) is 26.7 Å². The van der Waals surface area contributed by atoms with E-state index in [1.165, 1.54) is 19.3 Å². The highest BCUT2D eigenvalue weighted by Crippen LogP contribution is 2.08. The molecule has 6 heteroatoms. The molecule has 0 bridgehead atoms. The molecule has 1 heterocycles. The summed E-state index contributed by atoms with van der Waals surface area (Å²) in [6.45, 7) is 10.8. The molecule has 0 aliphatic heterocycles. The fourth-order valence-corrected chi connectivity index (χ4v) is 2.59. The number of aromatic nitrogens is 2. The van der Waals surface area contributed by atoms with Crippen LogP contribution >= 0.6 is 24.0 Å². The van der Waals surface area contributed by atoms with E-state index in [2.05, 4.69) is 45.9 Å². The first-order chi connectivity index (χ1) is 11.0. The number of guanidine groups is 1. The van der Waals surface area contributed by atoms with Gasteiger partial charge < -0.3 is 15.2 Å². The maximum Gasteiger partial charge on any atom is 0.191 e. The highest BCUT2D eigenvalue weighted by atomic mass is 127. The number of imidazole rings is 1. The summed E-state index contributed by atoms with van der Waals surface area (Å²) in [5.74, 6) is 2.80. The number of nitrogens with zero attached hydrogens (tertiary/aromatic N) is 3. The number of rotatable bonds is 10. The Balaban J connectivity index is 0.00000529. The summed E-state index contributed by atoms with van der Waals surface area (Å²) in [7, 11) is 1.84. The summed E-state index contributed by atoms with van der Waals surface area (Å²) in [6, 6.07) is 0.466. The van der Waals surface area contributed by atoms with Crippen molar-refractivity contribution in [3.05, 3.63) is 18.2 Å². The van der Waals surface area contributed by atoms with Crippen molar-refractivity contribution in [3.63, 3.8) is 0 Å². The molecule has 24 heavy (non-hydrogen) atoms. The molecule has 1 aromatic rings. The second-order valence-electron chi connectivity index (χ2n) is 6.74. The number of hydrogen-bond donors (Lipinski definition) is 2. The van der Waals surface area contributed by atoms with Gasteiger partial charge in [-0.2, -0.15) is 0 Å². The lowest BCUT2D eigenvalue weighted by atomic mass is 10.0. The van der Waals surface area contributed by atoms with Gasteiger partial charge in [0.15, 0.2) is 5.96 Å². The normalized spacial score (nSPS) is 12.8. The average Bonchev–Trinajstić information content (AvgIpc) is 2.90. The molecule has 0 aliphatic carbocycles. The minimum absolute atomic E-state index is 0. The van der Waals surface area contributed by atoms with Crippen LogP contribution in [0.4, 0.5) is 0 Å². The number of aliphatic imine (C=N–C) groups is 1. The van der Waals surface area contributed by atoms with Gasteiger partial charge in [-0.05, 0) is 39.0 Å². The minimum Gasteiger partial charge on any atom is -0.356 e. The van der Waals surface area contributed by atoms with E-state index in [1.807, 2.05) is 26.4 Å². The lowest BCUT2D eigenvalue weighted by Gasteiger charge is -2.18. The molecule has 0 amide bonds. The zero-order valence-electron chi connectivity index (χ0n) is 16.0. The van der Waals surface area contributed by atoms with E-state index < -0.39 is 0 Å². The van der Waals surface area contributed by atoms with Crippen molar-refractivity contribution in [3.8, 4) is 0 Å². The molecule has 140 valence electrons. The molecule has 1 aromatic heterocycles. The van der Waals surface area contributed by atoms with E-state index in [1.54, 1.807) is 0 Å². The Hall–Kier alpha value is -0.790. The number of nitrogens with one attached hydrogen (secondary N) is 2. The number of hydrogen-bond acceptors (Lipinski definition) is 2. The first-order valence-corrected chi connectivity index (χ1v) is 8.97. The Kier molecular flexibility index (Phi) is 13.1. The maximum atomic E-state index is 4.31. The third-order valence-corrected chi connectivity index (χ3v) is 4.07. The van der Waals surface area contributed by atoms with Crippen LogP contribution in [-0.4, -0.2) is 35.1 Å². The van der Waals surface area contributed by atoms with Crippen molar-refractivity contribution >= 4 is 29.9 Å². The largest absolute Gasteiger partial charge is 0.356 e. The highest BCUT2D eigenvalue weighted by Gasteiger charge is 2.05. The van der Waals surface area contributed by atoms with Gasteiger partial charge in [-0.25, -0.2) is 4.98 Å². The van der Waals surface area contributed by atoms with Crippen LogP contribution in [0.15, 0.2) is 17.4 Å².